The number of nitrogens with zero attached hydrogens (tertiary/aromatic N) is 3. The lowest BCUT2D eigenvalue weighted by molar-refractivity contribution is 0.193. The molecule has 0 radical (unpaired) electrons. The molecule has 178 valence electrons. The van der Waals surface area contributed by atoms with Crippen molar-refractivity contribution in [3.8, 4) is 5.75 Å². The summed E-state index contributed by atoms with van der Waals surface area (Å²) in [7, 11) is -3.00. The lowest BCUT2D eigenvalue weighted by Gasteiger charge is -2.26. The fourth-order valence-electron chi connectivity index (χ4n) is 3.81. The molecule has 0 amide bonds. The number of H-pyrrole nitrogens is 1. The molecule has 33 heavy (non-hydrogen) atoms. The molecule has 2 aromatic carbocycles. The van der Waals surface area contributed by atoms with Crippen molar-refractivity contribution in [2.24, 2.45) is 0 Å². The largest absolute Gasteiger partial charge is 0.495 e. The number of ether oxygens (including phenoxy) is 1. The Bertz CT molecular complexity index is 1250. The molecular formula is C21H25ClFN5O4S. The van der Waals surface area contributed by atoms with Gasteiger partial charge in [-0.2, -0.15) is 9.94 Å². The summed E-state index contributed by atoms with van der Waals surface area (Å²) < 4.78 is 49.7. The number of aromatic nitrogens is 4. The molecule has 0 spiro atoms. The lowest BCUT2D eigenvalue weighted by atomic mass is 9.88. The van der Waals surface area contributed by atoms with Gasteiger partial charge in [-0.3, -0.25) is 0 Å². The van der Waals surface area contributed by atoms with Gasteiger partial charge in [-0.05, 0) is 55.7 Å². The quantitative estimate of drug-likeness (QED) is 0.434. The lowest BCUT2D eigenvalue weighted by Crippen LogP contribution is -2.33. The number of aryl methyl sites for hydroxylation is 1. The Balaban J connectivity index is 2.13. The van der Waals surface area contributed by atoms with Gasteiger partial charge in [0.2, 0.25) is 10.0 Å². The third-order valence-corrected chi connectivity index (χ3v) is 7.42. The van der Waals surface area contributed by atoms with E-state index >= 15 is 0 Å². The van der Waals surface area contributed by atoms with Crippen LogP contribution in [0.3, 0.4) is 0 Å². The minimum atomic E-state index is -4.28. The van der Waals surface area contributed by atoms with Crippen molar-refractivity contribution in [1.82, 2.24) is 25.3 Å². The maximum Gasteiger partial charge on any atom is 0.244 e. The van der Waals surface area contributed by atoms with Crippen molar-refractivity contribution < 1.29 is 22.7 Å². The third-order valence-electron chi connectivity index (χ3n) is 5.63. The third kappa shape index (κ3) is 4.86. The molecule has 3 atom stereocenters. The number of halogens is 2. The van der Waals surface area contributed by atoms with Gasteiger partial charge in [0.05, 0.1) is 24.3 Å². The molecule has 0 unspecified atom stereocenters. The summed E-state index contributed by atoms with van der Waals surface area (Å²) in [6.07, 6.45) is -1.08. The normalized spacial score (nSPS) is 14.7. The predicted octanol–water partition coefficient (Wildman–Crippen LogP) is 3.49. The highest BCUT2D eigenvalue weighted by molar-refractivity contribution is 7.89. The van der Waals surface area contributed by atoms with Crippen molar-refractivity contribution in [2.45, 2.75) is 50.7 Å². The van der Waals surface area contributed by atoms with E-state index in [-0.39, 0.29) is 27.1 Å². The minimum Gasteiger partial charge on any atom is -0.495 e. The average Bonchev–Trinajstić information content (AvgIpc) is 3.28. The van der Waals surface area contributed by atoms with Crippen molar-refractivity contribution in [1.29, 1.82) is 0 Å². The molecule has 0 saturated heterocycles. The van der Waals surface area contributed by atoms with Crippen molar-refractivity contribution in [3.63, 3.8) is 0 Å². The number of rotatable bonds is 8. The number of aliphatic hydroxyl groups excluding tert-OH is 1. The summed E-state index contributed by atoms with van der Waals surface area (Å²) in [5.74, 6) is -1.23. The predicted molar refractivity (Wildman–Crippen MR) is 120 cm³/mol. The van der Waals surface area contributed by atoms with Crippen LogP contribution in [0.25, 0.3) is 0 Å². The molecule has 3 aromatic rings. The first kappa shape index (κ1) is 25.0. The number of hydrogen-bond donors (Lipinski definition) is 3. The molecule has 0 saturated carbocycles. The maximum absolute atomic E-state index is 14.8. The standard InChI is InChI=1S/C21H25ClFN5O4S/c1-10-6-8-15(23)17(11(10)2)12(3)19(21-24-27-28-25-21)26-33(30,31)16-9-7-14(22)18(13(4)29)20(16)32-5/h6-9,12-13,19,26,29H,1-5H3,(H,24,25,27,28)/t12-,13+,19+/m0/s1. The Labute approximate surface area is 196 Å². The minimum absolute atomic E-state index is 0.0371. The van der Waals surface area contributed by atoms with Crippen molar-refractivity contribution >= 4 is 21.6 Å². The Morgan fingerprint density at radius 2 is 1.88 bits per heavy atom. The molecular weight excluding hydrogens is 473 g/mol. The Hall–Kier alpha value is -2.60. The van der Waals surface area contributed by atoms with Crippen LogP contribution in [0.4, 0.5) is 4.39 Å². The zero-order chi connectivity index (χ0) is 24.5. The number of benzene rings is 2. The molecule has 1 aromatic heterocycles. The molecule has 0 fully saturated rings. The van der Waals surface area contributed by atoms with Crippen LogP contribution in [-0.2, 0) is 10.0 Å². The van der Waals surface area contributed by atoms with Gasteiger partial charge in [0.15, 0.2) is 5.82 Å². The smallest absolute Gasteiger partial charge is 0.244 e. The monoisotopic (exact) mass is 497 g/mol. The summed E-state index contributed by atoms with van der Waals surface area (Å²) in [4.78, 5) is -0.243. The highest BCUT2D eigenvalue weighted by Crippen LogP contribution is 2.39. The number of tetrazole rings is 1. The van der Waals surface area contributed by atoms with E-state index in [4.69, 9.17) is 16.3 Å². The zero-order valence-electron chi connectivity index (χ0n) is 18.7. The van der Waals surface area contributed by atoms with Crippen LogP contribution in [0.15, 0.2) is 29.2 Å². The molecule has 0 aliphatic rings. The van der Waals surface area contributed by atoms with E-state index in [0.717, 1.165) is 5.56 Å². The van der Waals surface area contributed by atoms with E-state index in [1.807, 2.05) is 6.92 Å². The molecule has 12 heteroatoms. The van der Waals surface area contributed by atoms with Crippen LogP contribution >= 0.6 is 11.6 Å². The first-order valence-electron chi connectivity index (χ1n) is 10.0. The van der Waals surface area contributed by atoms with Gasteiger partial charge in [0.25, 0.3) is 0 Å². The van der Waals surface area contributed by atoms with E-state index in [0.29, 0.717) is 11.1 Å². The van der Waals surface area contributed by atoms with Crippen LogP contribution in [-0.4, -0.2) is 41.3 Å². The fourth-order valence-corrected chi connectivity index (χ4v) is 5.57. The van der Waals surface area contributed by atoms with Crippen molar-refractivity contribution in [3.05, 3.63) is 63.2 Å². The second-order valence-electron chi connectivity index (χ2n) is 7.73. The summed E-state index contributed by atoms with van der Waals surface area (Å²) in [6.45, 7) is 6.73. The second-order valence-corrected chi connectivity index (χ2v) is 9.82. The SMILES string of the molecule is COc1c(S(=O)(=O)N[C@@H](c2nn[nH]n2)[C@@H](C)c2c(F)ccc(C)c2C)ccc(Cl)c1[C@@H](C)O. The van der Waals surface area contributed by atoms with Crippen LogP contribution in [0.2, 0.25) is 5.02 Å². The first-order valence-corrected chi connectivity index (χ1v) is 11.9. The van der Waals surface area contributed by atoms with E-state index < -0.39 is 33.9 Å². The van der Waals surface area contributed by atoms with Crippen LogP contribution < -0.4 is 9.46 Å². The molecule has 3 rings (SSSR count). The van der Waals surface area contributed by atoms with E-state index in [9.17, 15) is 17.9 Å². The molecule has 0 aliphatic heterocycles. The average molecular weight is 498 g/mol. The van der Waals surface area contributed by atoms with Crippen LogP contribution in [0, 0.1) is 19.7 Å². The van der Waals surface area contributed by atoms with Crippen LogP contribution in [0.1, 0.15) is 60.0 Å². The number of sulfonamides is 1. The Morgan fingerprint density at radius 3 is 2.45 bits per heavy atom. The number of aromatic amines is 1. The van der Waals surface area contributed by atoms with Gasteiger partial charge >= 0.3 is 0 Å². The van der Waals surface area contributed by atoms with E-state index in [2.05, 4.69) is 25.3 Å². The zero-order valence-corrected chi connectivity index (χ0v) is 20.3. The maximum atomic E-state index is 14.8. The highest BCUT2D eigenvalue weighted by atomic mass is 35.5. The fraction of sp³-hybridized carbons (Fsp3) is 0.381. The molecule has 0 bridgehead atoms. The van der Waals surface area contributed by atoms with Gasteiger partial charge in [0.1, 0.15) is 16.5 Å². The number of hydrogen-bond acceptors (Lipinski definition) is 7. The highest BCUT2D eigenvalue weighted by Gasteiger charge is 2.34. The van der Waals surface area contributed by atoms with Crippen LogP contribution in [0.5, 0.6) is 5.75 Å². The summed E-state index contributed by atoms with van der Waals surface area (Å²) >= 11 is 6.16. The number of nitrogens with one attached hydrogen (secondary N) is 2. The van der Waals surface area contributed by atoms with E-state index in [1.165, 1.54) is 32.2 Å². The molecule has 1 heterocycles. The Morgan fingerprint density at radius 1 is 1.18 bits per heavy atom. The summed E-state index contributed by atoms with van der Waals surface area (Å²) in [5, 5.41) is 24.0. The number of aliphatic hydroxyl groups is 1. The molecule has 0 aliphatic carbocycles. The first-order chi connectivity index (χ1) is 15.5. The molecule has 3 N–H and O–H groups in total. The Kier molecular flexibility index (Phi) is 7.37. The van der Waals surface area contributed by atoms with E-state index in [1.54, 1.807) is 19.9 Å². The number of methoxy groups -OCH3 is 1. The van der Waals surface area contributed by atoms with Crippen molar-refractivity contribution in [2.75, 3.05) is 7.11 Å². The molecule has 9 nitrogen and oxygen atoms in total. The topological polar surface area (TPSA) is 130 Å². The van der Waals surface area contributed by atoms with Gasteiger partial charge in [0, 0.05) is 11.5 Å². The van der Waals surface area contributed by atoms with Gasteiger partial charge in [-0.15, -0.1) is 10.2 Å². The van der Waals surface area contributed by atoms with Gasteiger partial charge in [-0.25, -0.2) is 12.8 Å². The second kappa shape index (κ2) is 9.72. The summed E-state index contributed by atoms with van der Waals surface area (Å²) in [6, 6.07) is 4.56. The van der Waals surface area contributed by atoms with Gasteiger partial charge < -0.3 is 9.84 Å². The summed E-state index contributed by atoms with van der Waals surface area (Å²) in [5.41, 5.74) is 2.01. The van der Waals surface area contributed by atoms with Gasteiger partial charge in [-0.1, -0.05) is 29.8 Å².